The number of alkyl halides is 3. The summed E-state index contributed by atoms with van der Waals surface area (Å²) in [6, 6.07) is -4.04. The predicted octanol–water partition coefficient (Wildman–Crippen LogP) is 6.02. The number of carbonyl (C=O) groups is 12. The van der Waals surface area contributed by atoms with Crippen LogP contribution in [0.15, 0.2) is 30.0 Å². The van der Waals surface area contributed by atoms with Crippen LogP contribution in [0, 0.1) is 23.7 Å². The highest BCUT2D eigenvalue weighted by atomic mass is 35.5. The number of fused-ring (bicyclic) bond motifs is 1. The van der Waals surface area contributed by atoms with Crippen molar-refractivity contribution in [2.24, 2.45) is 23.7 Å². The third kappa shape index (κ3) is 22.1. The molecular formula is C71H108ClF3N12O12. The number of nitrogens with one attached hydrogen (secondary N) is 3. The van der Waals surface area contributed by atoms with Gasteiger partial charge in [-0.25, -0.2) is 0 Å². The Morgan fingerprint density at radius 3 is 1.87 bits per heavy atom. The zero-order chi connectivity index (χ0) is 73.2. The highest BCUT2D eigenvalue weighted by Crippen LogP contribution is 2.36. The van der Waals surface area contributed by atoms with Gasteiger partial charge in [-0.1, -0.05) is 109 Å². The van der Waals surface area contributed by atoms with Gasteiger partial charge >= 0.3 is 6.18 Å². The molecule has 24 nitrogen and oxygen atoms in total. The second-order valence-electron chi connectivity index (χ2n) is 28.5. The first kappa shape index (κ1) is 80.7. The van der Waals surface area contributed by atoms with E-state index in [-0.39, 0.29) is 87.4 Å². The zero-order valence-electron chi connectivity index (χ0n) is 60.0. The standard InChI is InChI=1S/C71H108ClF3N12O12/c1-12-46(4)62-69(98)81(7)43-60(91)79(5)44-61(92)83(9)55(40-47-24-15-13-16-25-47)67(96)80(6)42-57(88)77-52(33-31-48-30-32-50(51(72)39-48)71(73,74)75)66(95)87-37-23-28-53(87)64(93)76-34-20-19-29-58(89)85(11)63(49-26-17-14-18-27-49)70(99)84(10)56(68(97)86-35-21-22-36-86)41-59(90)82(8)54(38-45(2)3)65(94)78-62/h28,30,32,39,45-47,49,52,54-56,62-63H,12-27,29,31,33-38,40-44H2,1-11H3,(H,76,93)(H,77,88)(H,78,94)/t46-,52-,54-,55-,56-,62-,63-/m0/s1. The fraction of sp³-hybridized carbons (Fsp3) is 0.718. The maximum Gasteiger partial charge on any atom is 0.417 e. The van der Waals surface area contributed by atoms with Gasteiger partial charge in [-0.05, 0) is 112 Å². The monoisotopic (exact) mass is 1410 g/mol. The highest BCUT2D eigenvalue weighted by molar-refractivity contribution is 6.31. The Morgan fingerprint density at radius 2 is 1.25 bits per heavy atom. The summed E-state index contributed by atoms with van der Waals surface area (Å²) in [5.41, 5.74) is -0.770. The second-order valence-corrected chi connectivity index (χ2v) is 28.9. The molecule has 0 aromatic heterocycles. The molecule has 3 heterocycles. The van der Waals surface area contributed by atoms with E-state index in [1.54, 1.807) is 24.9 Å². The molecule has 2 saturated heterocycles. The van der Waals surface area contributed by atoms with Crippen molar-refractivity contribution < 1.29 is 70.7 Å². The molecule has 99 heavy (non-hydrogen) atoms. The van der Waals surface area contributed by atoms with Crippen LogP contribution in [0.25, 0.3) is 0 Å². The van der Waals surface area contributed by atoms with E-state index in [1.807, 2.05) is 20.8 Å². The average Bonchev–Trinajstić information content (AvgIpc) is 1.67. The van der Waals surface area contributed by atoms with E-state index in [1.165, 1.54) is 72.9 Å². The average molecular weight is 1410 g/mol. The van der Waals surface area contributed by atoms with Gasteiger partial charge in [0.1, 0.15) is 41.9 Å². The molecular weight excluding hydrogens is 1310 g/mol. The summed E-state index contributed by atoms with van der Waals surface area (Å²) in [5, 5.41) is 7.89. The van der Waals surface area contributed by atoms with Gasteiger partial charge in [-0.3, -0.25) is 57.5 Å². The van der Waals surface area contributed by atoms with Gasteiger partial charge in [0.25, 0.3) is 5.91 Å². The molecule has 0 spiro atoms. The molecule has 1 aromatic carbocycles. The molecule has 3 N–H and O–H groups in total. The van der Waals surface area contributed by atoms with E-state index >= 15 is 4.79 Å². The molecule has 5 aliphatic rings. The summed E-state index contributed by atoms with van der Waals surface area (Å²) in [6.45, 7) is 6.59. The quantitative estimate of drug-likeness (QED) is 0.230. The number of amides is 12. The number of carbonyl (C=O) groups excluding carboxylic acids is 12. The SMILES string of the molecule is CC[C@H](C)[C@@H]1NC(=O)[C@H](CC(C)C)N(C)C(=O)C[C@@H](C(=O)N2CCCC2)N(C)C(=O)[C@H](C2CCCCC2)N(C)C(=O)CCCCNC(=O)C2=CCCN2C(=O)[C@H](CCc2ccc(C(F)(F)F)c(Cl)c2)NC(=O)CN(C)C(=O)[C@H](CC2CCCCC2)N(C)C(=O)CN(C)C(=O)CN(C)C1=O. The van der Waals surface area contributed by atoms with Crippen LogP contribution in [-0.2, 0) is 70.1 Å². The number of nitrogens with zero attached hydrogens (tertiary/aromatic N) is 9. The lowest BCUT2D eigenvalue weighted by molar-refractivity contribution is -0.154. The van der Waals surface area contributed by atoms with Crippen molar-refractivity contribution >= 4 is 82.5 Å². The second kappa shape index (κ2) is 37.4. The Labute approximate surface area is 587 Å². The van der Waals surface area contributed by atoms with E-state index in [2.05, 4.69) is 16.0 Å². The lowest BCUT2D eigenvalue weighted by Gasteiger charge is -2.40. The normalized spacial score (nSPS) is 25.3. The van der Waals surface area contributed by atoms with Crippen molar-refractivity contribution in [2.45, 2.75) is 211 Å². The molecule has 0 radical (unpaired) electrons. The van der Waals surface area contributed by atoms with E-state index < -0.39 is 150 Å². The van der Waals surface area contributed by atoms with Gasteiger partial charge in [-0.2, -0.15) is 13.2 Å². The molecule has 0 unspecified atom stereocenters. The maximum atomic E-state index is 15.3. The van der Waals surface area contributed by atoms with Crippen LogP contribution in [-0.4, -0.2) is 246 Å². The van der Waals surface area contributed by atoms with Gasteiger partial charge in [-0.15, -0.1) is 0 Å². The first-order chi connectivity index (χ1) is 46.7. The van der Waals surface area contributed by atoms with Crippen LogP contribution in [0.2, 0.25) is 5.02 Å². The zero-order valence-corrected chi connectivity index (χ0v) is 60.8. The van der Waals surface area contributed by atoms with Crippen LogP contribution in [0.3, 0.4) is 0 Å². The fourth-order valence-corrected chi connectivity index (χ4v) is 14.5. The molecule has 12 amide bonds. The number of hydrogen-bond acceptors (Lipinski definition) is 12. The van der Waals surface area contributed by atoms with E-state index in [0.717, 1.165) is 91.0 Å². The van der Waals surface area contributed by atoms with E-state index in [4.69, 9.17) is 11.6 Å². The summed E-state index contributed by atoms with van der Waals surface area (Å²) in [6.07, 6.45) is 7.23. The summed E-state index contributed by atoms with van der Waals surface area (Å²) < 4.78 is 41.2. The van der Waals surface area contributed by atoms with E-state index in [9.17, 15) is 65.9 Å². The minimum absolute atomic E-state index is 0.0197. The van der Waals surface area contributed by atoms with E-state index in [0.29, 0.717) is 44.3 Å². The molecule has 6 rings (SSSR count). The number of likely N-dealkylation sites (tertiary alicyclic amines) is 1. The first-order valence-electron chi connectivity index (χ1n) is 35.6. The number of rotatable bonds is 11. The number of likely N-dealkylation sites (N-methyl/N-ethyl adjacent to an activating group) is 7. The van der Waals surface area contributed by atoms with Gasteiger partial charge < -0.3 is 60.0 Å². The molecule has 3 aliphatic heterocycles. The molecule has 2 aliphatic carbocycles. The van der Waals surface area contributed by atoms with Crippen LogP contribution in [0.5, 0.6) is 0 Å². The molecule has 1 aromatic rings. The van der Waals surface area contributed by atoms with Crippen molar-refractivity contribution in [3.63, 3.8) is 0 Å². The highest BCUT2D eigenvalue weighted by Gasteiger charge is 2.44. The van der Waals surface area contributed by atoms with Crippen LogP contribution >= 0.6 is 11.6 Å². The van der Waals surface area contributed by atoms with Crippen molar-refractivity contribution in [1.82, 2.24) is 60.0 Å². The fourth-order valence-electron chi connectivity index (χ4n) is 14.2. The van der Waals surface area contributed by atoms with Gasteiger partial charge in [0.05, 0.1) is 36.6 Å². The lowest BCUT2D eigenvalue weighted by Crippen LogP contribution is -2.59. The van der Waals surface area contributed by atoms with Crippen LogP contribution in [0.4, 0.5) is 13.2 Å². The maximum absolute atomic E-state index is 15.3. The van der Waals surface area contributed by atoms with Gasteiger partial charge in [0.15, 0.2) is 0 Å². The minimum Gasteiger partial charge on any atom is -0.351 e. The van der Waals surface area contributed by atoms with Gasteiger partial charge in [0, 0.05) is 81.9 Å². The topological polar surface area (TPSA) is 270 Å². The van der Waals surface area contributed by atoms with Gasteiger partial charge in [0.2, 0.25) is 65.0 Å². The lowest BCUT2D eigenvalue weighted by atomic mass is 9.82. The third-order valence-corrected chi connectivity index (χ3v) is 21.0. The summed E-state index contributed by atoms with van der Waals surface area (Å²) in [5.74, 6) is -8.18. The Balaban J connectivity index is 1.34. The first-order valence-corrected chi connectivity index (χ1v) is 35.9. The Kier molecular flexibility index (Phi) is 30.5. The Morgan fingerprint density at radius 1 is 0.636 bits per heavy atom. The van der Waals surface area contributed by atoms with Crippen molar-refractivity contribution in [2.75, 3.05) is 95.1 Å². The van der Waals surface area contributed by atoms with Crippen molar-refractivity contribution in [1.29, 1.82) is 0 Å². The minimum atomic E-state index is -4.74. The molecule has 7 atom stereocenters. The van der Waals surface area contributed by atoms with Crippen molar-refractivity contribution in [3.05, 3.63) is 46.1 Å². The Bertz CT molecular complexity index is 3080. The number of halogens is 4. The number of aryl methyl sites for hydroxylation is 1. The van der Waals surface area contributed by atoms with Crippen LogP contribution < -0.4 is 16.0 Å². The summed E-state index contributed by atoms with van der Waals surface area (Å²) in [7, 11) is 10.1. The smallest absolute Gasteiger partial charge is 0.351 e. The molecule has 0 bridgehead atoms. The summed E-state index contributed by atoms with van der Waals surface area (Å²) in [4.78, 5) is 186. The predicted molar refractivity (Wildman–Crippen MR) is 366 cm³/mol. The van der Waals surface area contributed by atoms with Crippen LogP contribution in [0.1, 0.15) is 174 Å². The third-order valence-electron chi connectivity index (χ3n) is 20.7. The number of hydrogen-bond donors (Lipinski definition) is 3. The number of benzene rings is 1. The van der Waals surface area contributed by atoms with Crippen molar-refractivity contribution in [3.8, 4) is 0 Å². The molecule has 4 fully saturated rings. The largest absolute Gasteiger partial charge is 0.417 e. The molecule has 28 heteroatoms. The molecule has 2 saturated carbocycles. The summed E-state index contributed by atoms with van der Waals surface area (Å²) >= 11 is 6.10. The Hall–Kier alpha value is -7.32. The molecule has 552 valence electrons.